The molecule has 4 aromatic rings. The highest BCUT2D eigenvalue weighted by Crippen LogP contribution is 2.29. The zero-order chi connectivity index (χ0) is 32.3. The molecule has 8 nitrogen and oxygen atoms in total. The number of carbonyl (C=O) groups excluding carboxylic acids is 2. The monoisotopic (exact) mass is 652 g/mol. The summed E-state index contributed by atoms with van der Waals surface area (Å²) in [7, 11) is 0. The van der Waals surface area contributed by atoms with Crippen molar-refractivity contribution in [2.45, 2.75) is 58.0 Å². The van der Waals surface area contributed by atoms with E-state index in [1.54, 1.807) is 40.5 Å². The Bertz CT molecular complexity index is 1660. The lowest BCUT2D eigenvalue weighted by Gasteiger charge is -2.32. The Morgan fingerprint density at radius 1 is 0.935 bits per heavy atom. The molecular weight excluding hydrogens is 617 g/mol. The number of fused-ring (bicyclic) bond motifs is 1. The number of thiazole rings is 1. The first-order valence-corrected chi connectivity index (χ1v) is 16.3. The van der Waals surface area contributed by atoms with Gasteiger partial charge in [-0.05, 0) is 80.7 Å². The smallest absolute Gasteiger partial charge is 0.490 e. The van der Waals surface area contributed by atoms with Gasteiger partial charge < -0.3 is 14.4 Å². The molecule has 0 saturated carbocycles. The van der Waals surface area contributed by atoms with Gasteiger partial charge in [-0.25, -0.2) is 4.98 Å². The Morgan fingerprint density at radius 3 is 2.33 bits per heavy atom. The Labute approximate surface area is 269 Å². The van der Waals surface area contributed by atoms with Crippen molar-refractivity contribution < 1.29 is 32.2 Å². The topological polar surface area (TPSA) is 84.9 Å². The third kappa shape index (κ3) is 8.21. The molecule has 6 rings (SSSR count). The second-order valence-corrected chi connectivity index (χ2v) is 13.2. The fourth-order valence-corrected chi connectivity index (χ4v) is 6.90. The van der Waals surface area contributed by atoms with Crippen molar-refractivity contribution in [3.05, 3.63) is 82.6 Å². The van der Waals surface area contributed by atoms with Crippen LogP contribution in [0.1, 0.15) is 63.5 Å². The number of benzene rings is 2. The maximum absolute atomic E-state index is 13.1. The number of aromatic nitrogens is 2. The van der Waals surface area contributed by atoms with Crippen LogP contribution in [0.15, 0.2) is 60.8 Å². The maximum Gasteiger partial charge on any atom is 0.573 e. The van der Waals surface area contributed by atoms with Gasteiger partial charge in [-0.1, -0.05) is 12.1 Å². The minimum atomic E-state index is -4.70. The molecule has 0 unspecified atom stereocenters. The summed E-state index contributed by atoms with van der Waals surface area (Å²) in [4.78, 5) is 39.0. The van der Waals surface area contributed by atoms with E-state index in [0.717, 1.165) is 65.3 Å². The van der Waals surface area contributed by atoms with Gasteiger partial charge in [-0.2, -0.15) is 0 Å². The fraction of sp³-hybridized carbons (Fsp3) is 0.412. The van der Waals surface area contributed by atoms with Crippen molar-refractivity contribution in [3.8, 4) is 11.5 Å². The molecule has 242 valence electrons. The van der Waals surface area contributed by atoms with E-state index in [0.29, 0.717) is 37.3 Å². The number of likely N-dealkylation sites (tertiary alicyclic amines) is 2. The third-order valence-corrected chi connectivity index (χ3v) is 9.50. The van der Waals surface area contributed by atoms with Crippen LogP contribution >= 0.6 is 11.3 Å². The summed E-state index contributed by atoms with van der Waals surface area (Å²) in [6.07, 6.45) is 0.376. The molecule has 4 heterocycles. The van der Waals surface area contributed by atoms with Gasteiger partial charge in [0.1, 0.15) is 23.3 Å². The third-order valence-electron chi connectivity index (χ3n) is 8.55. The average Bonchev–Trinajstić information content (AvgIpc) is 3.41. The summed E-state index contributed by atoms with van der Waals surface area (Å²) in [6, 6.07) is 15.2. The summed E-state index contributed by atoms with van der Waals surface area (Å²) in [5, 5.41) is 1.02. The number of piperidine rings is 2. The SMILES string of the molecule is Cc1nc2cc(OC3CCN(C(=O)c4ccc(C(=O)CC5CCN(Cc6ccc(OC(F)(F)F)cc6)CC5)cn4)CC3)ccc2s1. The standard InChI is InChI=1S/C34H35F3N4O4S/c1-22-39-30-19-28(7-9-32(30)46-22)44-26-12-16-41(17-13-26)33(43)29-8-4-25(20-38-29)31(42)18-23-10-14-40(15-11-23)21-24-2-5-27(6-3-24)45-34(35,36)37/h2-9,19-20,23,26H,10-18,21H2,1H3. The number of halogens is 3. The summed E-state index contributed by atoms with van der Waals surface area (Å²) in [5.74, 6) is 0.662. The molecule has 0 bridgehead atoms. The van der Waals surface area contributed by atoms with Gasteiger partial charge in [0.25, 0.3) is 5.91 Å². The van der Waals surface area contributed by atoms with Gasteiger partial charge in [0, 0.05) is 56.7 Å². The second kappa shape index (κ2) is 13.8. The number of hydrogen-bond acceptors (Lipinski definition) is 8. The van der Waals surface area contributed by atoms with Gasteiger partial charge in [-0.15, -0.1) is 24.5 Å². The Kier molecular flexibility index (Phi) is 9.55. The van der Waals surface area contributed by atoms with Crippen molar-refractivity contribution in [2.75, 3.05) is 26.2 Å². The molecule has 0 aliphatic carbocycles. The lowest BCUT2D eigenvalue weighted by atomic mass is 9.90. The van der Waals surface area contributed by atoms with Crippen molar-refractivity contribution in [1.29, 1.82) is 0 Å². The Balaban J connectivity index is 0.926. The fourth-order valence-electron chi connectivity index (χ4n) is 6.10. The van der Waals surface area contributed by atoms with Gasteiger partial charge in [0.2, 0.25) is 0 Å². The van der Waals surface area contributed by atoms with E-state index in [-0.39, 0.29) is 29.5 Å². The first-order chi connectivity index (χ1) is 22.1. The van der Waals surface area contributed by atoms with Gasteiger partial charge in [0.15, 0.2) is 5.78 Å². The first kappa shape index (κ1) is 31.9. The molecule has 0 spiro atoms. The number of aryl methyl sites for hydroxylation is 1. The highest BCUT2D eigenvalue weighted by Gasteiger charge is 2.31. The minimum Gasteiger partial charge on any atom is -0.490 e. The zero-order valence-corrected chi connectivity index (χ0v) is 26.3. The minimum absolute atomic E-state index is 0.00849. The number of amides is 1. The molecule has 46 heavy (non-hydrogen) atoms. The van der Waals surface area contributed by atoms with Crippen molar-refractivity contribution in [1.82, 2.24) is 19.8 Å². The van der Waals surface area contributed by atoms with E-state index < -0.39 is 6.36 Å². The van der Waals surface area contributed by atoms with E-state index in [4.69, 9.17) is 4.74 Å². The Hall–Kier alpha value is -4.03. The number of ether oxygens (including phenoxy) is 2. The number of pyridine rings is 1. The number of Topliss-reactive ketones (excluding diaryl/α,β-unsaturated/α-hetero) is 1. The van der Waals surface area contributed by atoms with Gasteiger partial charge >= 0.3 is 6.36 Å². The van der Waals surface area contributed by atoms with Crippen LogP contribution in [-0.2, 0) is 6.54 Å². The molecule has 0 N–H and O–H groups in total. The number of carbonyl (C=O) groups is 2. The quantitative estimate of drug-likeness (QED) is 0.179. The molecule has 1 amide bonds. The zero-order valence-electron chi connectivity index (χ0n) is 25.5. The van der Waals surface area contributed by atoms with Crippen LogP contribution in [0.3, 0.4) is 0 Å². The first-order valence-electron chi connectivity index (χ1n) is 15.5. The van der Waals surface area contributed by atoms with E-state index >= 15 is 0 Å². The molecule has 2 aliphatic heterocycles. The van der Waals surface area contributed by atoms with Gasteiger partial charge in [0.05, 0.1) is 15.2 Å². The van der Waals surface area contributed by atoms with E-state index in [9.17, 15) is 22.8 Å². The van der Waals surface area contributed by atoms with E-state index in [1.807, 2.05) is 25.1 Å². The van der Waals surface area contributed by atoms with Gasteiger partial charge in [-0.3, -0.25) is 19.5 Å². The van der Waals surface area contributed by atoms with Crippen molar-refractivity contribution >= 4 is 33.2 Å². The summed E-state index contributed by atoms with van der Waals surface area (Å²) in [6.45, 7) is 5.35. The molecule has 12 heteroatoms. The lowest BCUT2D eigenvalue weighted by molar-refractivity contribution is -0.274. The average molecular weight is 653 g/mol. The van der Waals surface area contributed by atoms with Crippen molar-refractivity contribution in [3.63, 3.8) is 0 Å². The largest absolute Gasteiger partial charge is 0.573 e. The van der Waals surface area contributed by atoms with Crippen LogP contribution in [0.4, 0.5) is 13.2 Å². The van der Waals surface area contributed by atoms with Crippen LogP contribution in [-0.4, -0.2) is 70.1 Å². The summed E-state index contributed by atoms with van der Waals surface area (Å²) < 4.78 is 48.4. The van der Waals surface area contributed by atoms with Crippen LogP contribution in [0.25, 0.3) is 10.2 Å². The predicted molar refractivity (Wildman–Crippen MR) is 168 cm³/mol. The highest BCUT2D eigenvalue weighted by molar-refractivity contribution is 7.18. The Morgan fingerprint density at radius 2 is 1.65 bits per heavy atom. The molecular formula is C34H35F3N4O4S. The summed E-state index contributed by atoms with van der Waals surface area (Å²) >= 11 is 1.66. The number of rotatable bonds is 9. The van der Waals surface area contributed by atoms with Crippen LogP contribution in [0, 0.1) is 12.8 Å². The molecule has 2 aliphatic rings. The second-order valence-electron chi connectivity index (χ2n) is 11.9. The van der Waals surface area contributed by atoms with Crippen LogP contribution < -0.4 is 9.47 Å². The molecule has 2 aromatic carbocycles. The number of hydrogen-bond donors (Lipinski definition) is 0. The normalized spacial score (nSPS) is 16.9. The van der Waals surface area contributed by atoms with E-state index in [2.05, 4.69) is 19.6 Å². The van der Waals surface area contributed by atoms with E-state index in [1.165, 1.54) is 18.3 Å². The van der Waals surface area contributed by atoms with Crippen LogP contribution in [0.2, 0.25) is 0 Å². The molecule has 2 aromatic heterocycles. The highest BCUT2D eigenvalue weighted by atomic mass is 32.1. The number of ketones is 1. The van der Waals surface area contributed by atoms with Crippen molar-refractivity contribution in [2.24, 2.45) is 5.92 Å². The molecule has 2 fully saturated rings. The number of nitrogens with zero attached hydrogens (tertiary/aromatic N) is 4. The maximum atomic E-state index is 13.1. The lowest BCUT2D eigenvalue weighted by Crippen LogP contribution is -2.42. The molecule has 2 saturated heterocycles. The number of alkyl halides is 3. The van der Waals surface area contributed by atoms with Crippen LogP contribution in [0.5, 0.6) is 11.5 Å². The summed E-state index contributed by atoms with van der Waals surface area (Å²) in [5.41, 5.74) is 2.67. The molecule has 0 atom stereocenters. The molecule has 0 radical (unpaired) electrons. The predicted octanol–water partition coefficient (Wildman–Crippen LogP) is 7.07.